The van der Waals surface area contributed by atoms with Crippen molar-refractivity contribution in [1.82, 2.24) is 19.9 Å². The first-order chi connectivity index (χ1) is 16.8. The van der Waals surface area contributed by atoms with E-state index in [-0.39, 0.29) is 12.0 Å². The van der Waals surface area contributed by atoms with Gasteiger partial charge >= 0.3 is 0 Å². The van der Waals surface area contributed by atoms with Gasteiger partial charge in [-0.2, -0.15) is 0 Å². The number of para-hydroxylation sites is 1. The summed E-state index contributed by atoms with van der Waals surface area (Å²) in [5.74, 6) is 0.485. The molecule has 1 fully saturated rings. The van der Waals surface area contributed by atoms with E-state index in [1.165, 1.54) is 0 Å². The number of carbonyl (C=O) groups is 1. The Morgan fingerprint density at radius 2 is 1.91 bits per heavy atom. The van der Waals surface area contributed by atoms with Gasteiger partial charge < -0.3 is 24.7 Å². The number of amides is 1. The maximum atomic E-state index is 12.9. The van der Waals surface area contributed by atoms with E-state index >= 15 is 0 Å². The number of carbonyl (C=O) groups excluding carboxylic acids is 1. The second kappa shape index (κ2) is 8.79. The molecule has 0 aliphatic carbocycles. The monoisotopic (exact) mass is 455 g/mol. The van der Waals surface area contributed by atoms with Crippen molar-refractivity contribution in [3.63, 3.8) is 0 Å². The molecule has 2 aliphatic rings. The number of benzene rings is 1. The standard InChI is InChI=1S/C26H25N5O3/c32-26-25-24(29-17-4-2-1-3-5-17)20(16-31(25)13-12-28-26)19-8-11-27-21-6-7-22(30-23(19)21)34-18-9-14-33-15-10-18/h1-8,11,16,18,29H,9-10,12-15H2,(H,28,32). The van der Waals surface area contributed by atoms with Gasteiger partial charge in [0, 0.05) is 61.2 Å². The second-order valence-electron chi connectivity index (χ2n) is 8.51. The fraction of sp³-hybridized carbons (Fsp3) is 0.269. The van der Waals surface area contributed by atoms with Gasteiger partial charge in [-0.25, -0.2) is 4.98 Å². The molecule has 2 aliphatic heterocycles. The number of rotatable bonds is 5. The summed E-state index contributed by atoms with van der Waals surface area (Å²) in [7, 11) is 0. The summed E-state index contributed by atoms with van der Waals surface area (Å²) >= 11 is 0. The second-order valence-corrected chi connectivity index (χ2v) is 8.51. The fourth-order valence-corrected chi connectivity index (χ4v) is 4.60. The molecule has 172 valence electrons. The van der Waals surface area contributed by atoms with Crippen molar-refractivity contribution >= 4 is 28.3 Å². The normalized spacial score (nSPS) is 16.2. The van der Waals surface area contributed by atoms with Crippen molar-refractivity contribution in [2.45, 2.75) is 25.5 Å². The van der Waals surface area contributed by atoms with E-state index in [0.29, 0.717) is 37.9 Å². The highest BCUT2D eigenvalue weighted by atomic mass is 16.5. The largest absolute Gasteiger partial charge is 0.474 e. The minimum atomic E-state index is -0.0919. The van der Waals surface area contributed by atoms with E-state index in [2.05, 4.69) is 15.6 Å². The smallest absolute Gasteiger partial charge is 0.270 e. The molecule has 4 aromatic rings. The number of hydrogen-bond donors (Lipinski definition) is 2. The van der Waals surface area contributed by atoms with Gasteiger partial charge in [-0.15, -0.1) is 0 Å². The summed E-state index contributed by atoms with van der Waals surface area (Å²) in [5.41, 5.74) is 5.60. The van der Waals surface area contributed by atoms with Gasteiger partial charge in [0.2, 0.25) is 5.88 Å². The fourth-order valence-electron chi connectivity index (χ4n) is 4.60. The average Bonchev–Trinajstić information content (AvgIpc) is 3.24. The third kappa shape index (κ3) is 3.86. The van der Waals surface area contributed by atoms with Crippen LogP contribution in [0.2, 0.25) is 0 Å². The first kappa shape index (κ1) is 20.7. The van der Waals surface area contributed by atoms with Crippen LogP contribution < -0.4 is 15.4 Å². The minimum absolute atomic E-state index is 0.0919. The minimum Gasteiger partial charge on any atom is -0.474 e. The molecule has 0 atom stereocenters. The summed E-state index contributed by atoms with van der Waals surface area (Å²) in [5, 5.41) is 6.44. The van der Waals surface area contributed by atoms with Gasteiger partial charge in [0.1, 0.15) is 17.3 Å². The predicted molar refractivity (Wildman–Crippen MR) is 129 cm³/mol. The quantitative estimate of drug-likeness (QED) is 0.470. The molecule has 8 nitrogen and oxygen atoms in total. The van der Waals surface area contributed by atoms with Crippen LogP contribution in [-0.2, 0) is 11.3 Å². The molecule has 3 aromatic heterocycles. The Balaban J connectivity index is 1.47. The van der Waals surface area contributed by atoms with Crippen LogP contribution in [0.3, 0.4) is 0 Å². The van der Waals surface area contributed by atoms with Crippen LogP contribution in [0.4, 0.5) is 11.4 Å². The van der Waals surface area contributed by atoms with E-state index in [1.807, 2.05) is 59.3 Å². The Morgan fingerprint density at radius 1 is 1.06 bits per heavy atom. The maximum absolute atomic E-state index is 12.9. The van der Waals surface area contributed by atoms with Crippen LogP contribution in [-0.4, -0.2) is 46.3 Å². The maximum Gasteiger partial charge on any atom is 0.270 e. The Labute approximate surface area is 196 Å². The molecule has 0 radical (unpaired) electrons. The molecule has 0 spiro atoms. The lowest BCUT2D eigenvalue weighted by molar-refractivity contribution is 0.0239. The number of ether oxygens (including phenoxy) is 2. The van der Waals surface area contributed by atoms with Crippen LogP contribution >= 0.6 is 0 Å². The Hall–Kier alpha value is -3.91. The third-order valence-corrected chi connectivity index (χ3v) is 6.28. The van der Waals surface area contributed by atoms with Crippen LogP contribution in [0.25, 0.3) is 22.2 Å². The molecule has 0 unspecified atom stereocenters. The van der Waals surface area contributed by atoms with Gasteiger partial charge in [0.25, 0.3) is 5.91 Å². The highest BCUT2D eigenvalue weighted by Gasteiger charge is 2.27. The first-order valence-electron chi connectivity index (χ1n) is 11.6. The number of hydrogen-bond acceptors (Lipinski definition) is 6. The van der Waals surface area contributed by atoms with Gasteiger partial charge in [-0.3, -0.25) is 9.78 Å². The summed E-state index contributed by atoms with van der Waals surface area (Å²) in [6, 6.07) is 15.6. The van der Waals surface area contributed by atoms with Gasteiger partial charge in [0.05, 0.1) is 24.4 Å². The molecule has 8 heteroatoms. The number of nitrogens with one attached hydrogen (secondary N) is 2. The van der Waals surface area contributed by atoms with E-state index in [4.69, 9.17) is 14.5 Å². The van der Waals surface area contributed by atoms with E-state index < -0.39 is 0 Å². The highest BCUT2D eigenvalue weighted by molar-refractivity contribution is 6.06. The number of nitrogens with zero attached hydrogens (tertiary/aromatic N) is 3. The lowest BCUT2D eigenvalue weighted by Crippen LogP contribution is -2.35. The van der Waals surface area contributed by atoms with Gasteiger partial charge in [-0.1, -0.05) is 18.2 Å². The Kier molecular flexibility index (Phi) is 5.35. The molecule has 34 heavy (non-hydrogen) atoms. The number of fused-ring (bicyclic) bond motifs is 2. The van der Waals surface area contributed by atoms with E-state index in [1.54, 1.807) is 6.20 Å². The molecule has 1 aromatic carbocycles. The molecular formula is C26H25N5O3. The summed E-state index contributed by atoms with van der Waals surface area (Å²) in [6.07, 6.45) is 5.61. The number of aromatic nitrogens is 3. The molecule has 0 bridgehead atoms. The summed E-state index contributed by atoms with van der Waals surface area (Å²) in [6.45, 7) is 2.72. The number of anilines is 2. The van der Waals surface area contributed by atoms with Gasteiger partial charge in [-0.05, 0) is 24.3 Å². The average molecular weight is 456 g/mol. The molecule has 6 rings (SSSR count). The van der Waals surface area contributed by atoms with Crippen LogP contribution in [0.1, 0.15) is 23.3 Å². The molecule has 5 heterocycles. The topological polar surface area (TPSA) is 90.3 Å². The van der Waals surface area contributed by atoms with Crippen LogP contribution in [0, 0.1) is 0 Å². The predicted octanol–water partition coefficient (Wildman–Crippen LogP) is 4.14. The van der Waals surface area contributed by atoms with Crippen molar-refractivity contribution in [3.8, 4) is 17.0 Å². The Bertz CT molecular complexity index is 1350. The zero-order chi connectivity index (χ0) is 22.9. The molecule has 2 N–H and O–H groups in total. The highest BCUT2D eigenvalue weighted by Crippen LogP contribution is 2.39. The van der Waals surface area contributed by atoms with Crippen molar-refractivity contribution in [2.75, 3.05) is 25.1 Å². The SMILES string of the molecule is O=C1NCCn2cc(-c3ccnc4ccc(OC5CCOCC5)nc34)c(Nc3ccccc3)c21. The van der Waals surface area contributed by atoms with Crippen molar-refractivity contribution < 1.29 is 14.3 Å². The van der Waals surface area contributed by atoms with E-state index in [9.17, 15) is 4.79 Å². The molecule has 1 saturated heterocycles. The number of pyridine rings is 2. The van der Waals surface area contributed by atoms with E-state index in [0.717, 1.165) is 46.4 Å². The summed E-state index contributed by atoms with van der Waals surface area (Å²) < 4.78 is 13.6. The summed E-state index contributed by atoms with van der Waals surface area (Å²) in [4.78, 5) is 22.2. The van der Waals surface area contributed by atoms with Crippen molar-refractivity contribution in [2.24, 2.45) is 0 Å². The van der Waals surface area contributed by atoms with Crippen molar-refractivity contribution in [1.29, 1.82) is 0 Å². The van der Waals surface area contributed by atoms with Crippen molar-refractivity contribution in [3.05, 3.63) is 66.6 Å². The third-order valence-electron chi connectivity index (χ3n) is 6.28. The molecule has 1 amide bonds. The zero-order valence-electron chi connectivity index (χ0n) is 18.7. The molecular weight excluding hydrogens is 430 g/mol. The van der Waals surface area contributed by atoms with Crippen LogP contribution in [0.5, 0.6) is 5.88 Å². The zero-order valence-corrected chi connectivity index (χ0v) is 18.7. The lowest BCUT2D eigenvalue weighted by Gasteiger charge is -2.22. The van der Waals surface area contributed by atoms with Gasteiger partial charge in [0.15, 0.2) is 0 Å². The Morgan fingerprint density at radius 3 is 2.76 bits per heavy atom. The first-order valence-corrected chi connectivity index (χ1v) is 11.6. The molecule has 0 saturated carbocycles. The lowest BCUT2D eigenvalue weighted by atomic mass is 10.0. The van der Waals surface area contributed by atoms with Crippen LogP contribution in [0.15, 0.2) is 60.9 Å².